The molecular weight excluding hydrogens is 232 g/mol. The summed E-state index contributed by atoms with van der Waals surface area (Å²) in [6, 6.07) is 3.64. The van der Waals surface area contributed by atoms with Gasteiger partial charge < -0.3 is 9.53 Å². The van der Waals surface area contributed by atoms with Crippen LogP contribution in [0.15, 0.2) is 35.2 Å². The summed E-state index contributed by atoms with van der Waals surface area (Å²) in [7, 11) is 0. The molecule has 1 aliphatic rings. The smallest absolute Gasteiger partial charge is 0.363 e. The van der Waals surface area contributed by atoms with Crippen LogP contribution in [0.25, 0.3) is 6.08 Å². The van der Waals surface area contributed by atoms with Crippen LogP contribution in [-0.2, 0) is 14.3 Å². The highest BCUT2D eigenvalue weighted by Crippen LogP contribution is 2.14. The lowest BCUT2D eigenvalue weighted by Crippen LogP contribution is -1.99. The first-order valence-electron chi connectivity index (χ1n) is 5.35. The summed E-state index contributed by atoms with van der Waals surface area (Å²) in [4.78, 5) is 28.5. The predicted octanol–water partition coefficient (Wildman–Crippen LogP) is 1.99. The Kier molecular flexibility index (Phi) is 4.92. The Labute approximate surface area is 105 Å². The quantitative estimate of drug-likeness (QED) is 0.561. The number of hydrogen-bond donors (Lipinski definition) is 0. The van der Waals surface area contributed by atoms with Gasteiger partial charge in [-0.1, -0.05) is 6.07 Å². The zero-order valence-electron chi connectivity index (χ0n) is 10.5. The van der Waals surface area contributed by atoms with Crippen LogP contribution < -0.4 is 0 Å². The molecule has 0 N–H and O–H groups in total. The molecule has 0 saturated carbocycles. The lowest BCUT2D eigenvalue weighted by molar-refractivity contribution is -0.130. The molecule has 2 heterocycles. The molecule has 1 aromatic rings. The van der Waals surface area contributed by atoms with E-state index in [2.05, 4.69) is 9.98 Å². The van der Waals surface area contributed by atoms with Gasteiger partial charge in [-0.25, -0.2) is 9.79 Å². The highest BCUT2D eigenvalue weighted by molar-refractivity contribution is 6.06. The molecule has 0 aromatic carbocycles. The summed E-state index contributed by atoms with van der Waals surface area (Å²) in [6.45, 7) is 4.70. The second kappa shape index (κ2) is 6.44. The number of rotatable bonds is 1. The number of carbonyl (C=O) groups excluding carboxylic acids is 2. The van der Waals surface area contributed by atoms with E-state index in [9.17, 15) is 9.59 Å². The molecule has 5 nitrogen and oxygen atoms in total. The SMILES string of the molecule is CC(C)=O.CC1=N/C(=C\c2cccnc2)C(=O)O1. The fourth-order valence-electron chi connectivity index (χ4n) is 1.13. The molecule has 0 aliphatic carbocycles. The van der Waals surface area contributed by atoms with Crippen molar-refractivity contribution >= 4 is 23.7 Å². The van der Waals surface area contributed by atoms with E-state index in [4.69, 9.17) is 4.74 Å². The van der Waals surface area contributed by atoms with Gasteiger partial charge in [-0.3, -0.25) is 4.98 Å². The number of ketones is 1. The first kappa shape index (κ1) is 13.8. The molecule has 0 spiro atoms. The number of cyclic esters (lactones) is 1. The van der Waals surface area contributed by atoms with Gasteiger partial charge in [0.15, 0.2) is 11.6 Å². The fourth-order valence-corrected chi connectivity index (χ4v) is 1.13. The molecule has 0 unspecified atom stereocenters. The van der Waals surface area contributed by atoms with Gasteiger partial charge in [0.25, 0.3) is 0 Å². The van der Waals surface area contributed by atoms with Gasteiger partial charge in [-0.2, -0.15) is 0 Å². The monoisotopic (exact) mass is 246 g/mol. The van der Waals surface area contributed by atoms with Crippen LogP contribution in [0.3, 0.4) is 0 Å². The van der Waals surface area contributed by atoms with Crippen LogP contribution >= 0.6 is 0 Å². The van der Waals surface area contributed by atoms with E-state index in [1.165, 1.54) is 13.8 Å². The molecule has 0 bridgehead atoms. The van der Waals surface area contributed by atoms with Gasteiger partial charge in [-0.05, 0) is 31.6 Å². The van der Waals surface area contributed by atoms with E-state index < -0.39 is 5.97 Å². The molecule has 1 aliphatic heterocycles. The standard InChI is InChI=1S/C10H8N2O2.C3H6O/c1-7-12-9(10(13)14-7)5-8-3-2-4-11-6-8;1-3(2)4/h2-6H,1H3;1-2H3/b9-5-;. The Morgan fingerprint density at radius 1 is 1.39 bits per heavy atom. The van der Waals surface area contributed by atoms with E-state index in [1.807, 2.05) is 6.07 Å². The average molecular weight is 246 g/mol. The van der Waals surface area contributed by atoms with Gasteiger partial charge in [0.05, 0.1) is 0 Å². The molecule has 2 rings (SSSR count). The topological polar surface area (TPSA) is 68.6 Å². The summed E-state index contributed by atoms with van der Waals surface area (Å²) >= 11 is 0. The summed E-state index contributed by atoms with van der Waals surface area (Å²) < 4.78 is 4.77. The fraction of sp³-hybridized carbons (Fsp3) is 0.231. The van der Waals surface area contributed by atoms with Gasteiger partial charge in [0, 0.05) is 19.3 Å². The van der Waals surface area contributed by atoms with Crippen molar-refractivity contribution in [1.29, 1.82) is 0 Å². The maximum absolute atomic E-state index is 11.2. The Bertz CT molecular complexity index is 500. The third-order valence-corrected chi connectivity index (χ3v) is 1.72. The van der Waals surface area contributed by atoms with E-state index in [1.54, 1.807) is 31.5 Å². The first-order valence-corrected chi connectivity index (χ1v) is 5.35. The predicted molar refractivity (Wildman–Crippen MR) is 67.8 cm³/mol. The van der Waals surface area contributed by atoms with Gasteiger partial charge in [0.1, 0.15) is 5.78 Å². The molecule has 0 amide bonds. The van der Waals surface area contributed by atoms with Crippen molar-refractivity contribution in [1.82, 2.24) is 4.98 Å². The Morgan fingerprint density at radius 3 is 2.50 bits per heavy atom. The normalized spacial score (nSPS) is 15.6. The second-order valence-electron chi connectivity index (χ2n) is 3.74. The van der Waals surface area contributed by atoms with Gasteiger partial charge >= 0.3 is 5.97 Å². The maximum Gasteiger partial charge on any atom is 0.363 e. The highest BCUT2D eigenvalue weighted by Gasteiger charge is 2.19. The first-order chi connectivity index (χ1) is 8.49. The molecule has 0 fully saturated rings. The van der Waals surface area contributed by atoms with Crippen molar-refractivity contribution in [2.45, 2.75) is 20.8 Å². The van der Waals surface area contributed by atoms with Crippen molar-refractivity contribution in [2.24, 2.45) is 4.99 Å². The minimum Gasteiger partial charge on any atom is -0.407 e. The van der Waals surface area contributed by atoms with Crippen LogP contribution in [0.4, 0.5) is 0 Å². The Morgan fingerprint density at radius 2 is 2.06 bits per heavy atom. The Balaban J connectivity index is 0.000000357. The number of nitrogens with zero attached hydrogens (tertiary/aromatic N) is 2. The van der Waals surface area contributed by atoms with Crippen LogP contribution in [0.2, 0.25) is 0 Å². The number of aliphatic imine (C=N–C) groups is 1. The van der Waals surface area contributed by atoms with E-state index >= 15 is 0 Å². The number of carbonyl (C=O) groups is 2. The van der Waals surface area contributed by atoms with Gasteiger partial charge in [-0.15, -0.1) is 0 Å². The second-order valence-corrected chi connectivity index (χ2v) is 3.74. The van der Waals surface area contributed by atoms with E-state index in [0.717, 1.165) is 5.56 Å². The minimum absolute atomic E-state index is 0.167. The largest absolute Gasteiger partial charge is 0.407 e. The number of ether oxygens (including phenoxy) is 1. The highest BCUT2D eigenvalue weighted by atomic mass is 16.6. The summed E-state index contributed by atoms with van der Waals surface area (Å²) in [5, 5.41) is 0. The van der Waals surface area contributed by atoms with Crippen LogP contribution in [0.1, 0.15) is 26.3 Å². The van der Waals surface area contributed by atoms with Crippen molar-refractivity contribution < 1.29 is 14.3 Å². The molecule has 1 aromatic heterocycles. The van der Waals surface area contributed by atoms with Crippen molar-refractivity contribution in [2.75, 3.05) is 0 Å². The van der Waals surface area contributed by atoms with Crippen molar-refractivity contribution in [3.8, 4) is 0 Å². The van der Waals surface area contributed by atoms with Crippen LogP contribution in [0, 0.1) is 0 Å². The molecule has 94 valence electrons. The van der Waals surface area contributed by atoms with Crippen molar-refractivity contribution in [3.63, 3.8) is 0 Å². The summed E-state index contributed by atoms with van der Waals surface area (Å²) in [5.74, 6) is 0.136. The van der Waals surface area contributed by atoms with Crippen LogP contribution in [0.5, 0.6) is 0 Å². The van der Waals surface area contributed by atoms with Crippen LogP contribution in [-0.4, -0.2) is 22.6 Å². The minimum atomic E-state index is -0.411. The zero-order chi connectivity index (χ0) is 13.5. The maximum atomic E-state index is 11.2. The van der Waals surface area contributed by atoms with E-state index in [0.29, 0.717) is 11.6 Å². The van der Waals surface area contributed by atoms with Gasteiger partial charge in [0.2, 0.25) is 0 Å². The molecule has 18 heavy (non-hydrogen) atoms. The number of aromatic nitrogens is 1. The molecule has 5 heteroatoms. The number of hydrogen-bond acceptors (Lipinski definition) is 5. The molecular formula is C13H14N2O3. The lowest BCUT2D eigenvalue weighted by Gasteiger charge is -1.91. The Hall–Kier alpha value is -2.30. The molecule has 0 atom stereocenters. The molecule has 0 saturated heterocycles. The number of Topliss-reactive ketones (excluding diaryl/α,β-unsaturated/α-hetero) is 1. The van der Waals surface area contributed by atoms with E-state index in [-0.39, 0.29) is 5.78 Å². The summed E-state index contributed by atoms with van der Waals surface area (Å²) in [5.41, 5.74) is 1.15. The molecule has 0 radical (unpaired) electrons. The average Bonchev–Trinajstić information content (AvgIpc) is 2.58. The van der Waals surface area contributed by atoms with Crippen molar-refractivity contribution in [3.05, 3.63) is 35.8 Å². The third-order valence-electron chi connectivity index (χ3n) is 1.72. The summed E-state index contributed by atoms with van der Waals surface area (Å²) in [6.07, 6.45) is 4.97. The third kappa shape index (κ3) is 4.69. The number of esters is 1. The zero-order valence-corrected chi connectivity index (χ0v) is 10.5. The number of pyridine rings is 1. The lowest BCUT2D eigenvalue weighted by atomic mass is 10.2.